The minimum Gasteiger partial charge on any atom is -0.494 e. The molecular formula is C29H26F2N2O3. The summed E-state index contributed by atoms with van der Waals surface area (Å²) in [4.78, 5) is 26.1. The van der Waals surface area contributed by atoms with Gasteiger partial charge in [-0.1, -0.05) is 48.5 Å². The number of carbonyl (C=O) groups is 2. The van der Waals surface area contributed by atoms with E-state index in [1.165, 1.54) is 31.4 Å². The molecule has 3 aromatic carbocycles. The fraction of sp³-hybridized carbons (Fsp3) is 0.172. The predicted molar refractivity (Wildman–Crippen MR) is 135 cm³/mol. The molecule has 36 heavy (non-hydrogen) atoms. The summed E-state index contributed by atoms with van der Waals surface area (Å²) in [5.74, 6) is -1.23. The van der Waals surface area contributed by atoms with Gasteiger partial charge in [0.1, 0.15) is 11.5 Å². The molecule has 0 fully saturated rings. The molecule has 0 saturated heterocycles. The second-order valence-corrected chi connectivity index (χ2v) is 8.59. The lowest BCUT2D eigenvalue weighted by Crippen LogP contribution is -2.27. The van der Waals surface area contributed by atoms with Gasteiger partial charge >= 0.3 is 0 Å². The van der Waals surface area contributed by atoms with Crippen LogP contribution in [-0.4, -0.2) is 23.9 Å². The summed E-state index contributed by atoms with van der Waals surface area (Å²) in [6, 6.07) is 19.3. The van der Waals surface area contributed by atoms with Crippen molar-refractivity contribution in [3.05, 3.63) is 101 Å². The summed E-state index contributed by atoms with van der Waals surface area (Å²) in [5, 5.41) is 2.87. The van der Waals surface area contributed by atoms with E-state index in [9.17, 15) is 18.4 Å². The number of aldehydes is 1. The molecular weight excluding hydrogens is 462 g/mol. The summed E-state index contributed by atoms with van der Waals surface area (Å²) < 4.78 is 34.5. The minimum atomic E-state index is -0.526. The zero-order chi connectivity index (χ0) is 25.8. The lowest BCUT2D eigenvalue weighted by atomic mass is 9.94. The maximum atomic E-state index is 14.2. The molecule has 1 amide bonds. The van der Waals surface area contributed by atoms with Crippen molar-refractivity contribution in [1.29, 1.82) is 0 Å². The minimum absolute atomic E-state index is 0.0690. The van der Waals surface area contributed by atoms with Crippen molar-refractivity contribution in [2.45, 2.75) is 26.4 Å². The van der Waals surface area contributed by atoms with E-state index in [0.29, 0.717) is 33.6 Å². The summed E-state index contributed by atoms with van der Waals surface area (Å²) >= 11 is 0. The summed E-state index contributed by atoms with van der Waals surface area (Å²) in [6.45, 7) is 3.83. The van der Waals surface area contributed by atoms with Crippen molar-refractivity contribution < 1.29 is 23.1 Å². The molecule has 0 aliphatic rings. The van der Waals surface area contributed by atoms with Crippen LogP contribution in [0.4, 0.5) is 8.78 Å². The first-order chi connectivity index (χ1) is 17.3. The number of aromatic nitrogens is 1. The van der Waals surface area contributed by atoms with Gasteiger partial charge in [-0.3, -0.25) is 9.59 Å². The molecule has 0 spiro atoms. The van der Waals surface area contributed by atoms with Crippen molar-refractivity contribution >= 4 is 12.2 Å². The Hall–Kier alpha value is -4.26. The molecule has 5 nitrogen and oxygen atoms in total. The zero-order valence-electron chi connectivity index (χ0n) is 20.2. The first kappa shape index (κ1) is 24.9. The Morgan fingerprint density at radius 2 is 1.64 bits per heavy atom. The molecule has 0 radical (unpaired) electrons. The lowest BCUT2D eigenvalue weighted by molar-refractivity contribution is 0.0940. The fourth-order valence-electron chi connectivity index (χ4n) is 4.36. The van der Waals surface area contributed by atoms with Crippen LogP contribution in [0.5, 0.6) is 5.75 Å². The van der Waals surface area contributed by atoms with E-state index in [4.69, 9.17) is 4.74 Å². The quantitative estimate of drug-likeness (QED) is 0.291. The van der Waals surface area contributed by atoms with Crippen LogP contribution in [0.25, 0.3) is 22.3 Å². The normalized spacial score (nSPS) is 10.9. The number of nitrogens with zero attached hydrogens (tertiary/aromatic N) is 1. The monoisotopic (exact) mass is 488 g/mol. The predicted octanol–water partition coefficient (Wildman–Crippen LogP) is 6.43. The number of methoxy groups -OCH3 is 1. The summed E-state index contributed by atoms with van der Waals surface area (Å²) in [5.41, 5.74) is 3.63. The Kier molecular flexibility index (Phi) is 7.29. The van der Waals surface area contributed by atoms with Gasteiger partial charge in [-0.2, -0.15) is 0 Å². The van der Waals surface area contributed by atoms with Crippen LogP contribution in [0.2, 0.25) is 0 Å². The van der Waals surface area contributed by atoms with Crippen molar-refractivity contribution in [1.82, 2.24) is 9.88 Å². The van der Waals surface area contributed by atoms with Gasteiger partial charge in [-0.25, -0.2) is 8.78 Å². The molecule has 0 bridgehead atoms. The van der Waals surface area contributed by atoms with Crippen LogP contribution in [0.1, 0.15) is 46.4 Å². The van der Waals surface area contributed by atoms with Gasteiger partial charge in [-0.15, -0.1) is 0 Å². The molecule has 1 N–H and O–H groups in total. The largest absolute Gasteiger partial charge is 0.494 e. The molecule has 7 heteroatoms. The topological polar surface area (TPSA) is 60.3 Å². The molecule has 4 rings (SSSR count). The SMILES string of the molecule is COc1ccc(CNC(=O)c2c(-c3ccccc3)c(-c3ccc(F)cc3)c(C=O)n2C(C)C)cc1F. The number of ether oxygens (including phenoxy) is 1. The Labute approximate surface area is 208 Å². The van der Waals surface area contributed by atoms with Gasteiger partial charge < -0.3 is 14.6 Å². The van der Waals surface area contributed by atoms with Crippen LogP contribution >= 0.6 is 0 Å². The fourth-order valence-corrected chi connectivity index (χ4v) is 4.36. The number of rotatable bonds is 8. The highest BCUT2D eigenvalue weighted by molar-refractivity contribution is 6.08. The third kappa shape index (κ3) is 4.77. The highest BCUT2D eigenvalue weighted by Gasteiger charge is 2.29. The first-order valence-electron chi connectivity index (χ1n) is 11.5. The van der Waals surface area contributed by atoms with E-state index in [-0.39, 0.29) is 18.3 Å². The van der Waals surface area contributed by atoms with Gasteiger partial charge in [0.2, 0.25) is 0 Å². The molecule has 1 heterocycles. The highest BCUT2D eigenvalue weighted by Crippen LogP contribution is 2.41. The van der Waals surface area contributed by atoms with Crippen LogP contribution in [0.3, 0.4) is 0 Å². The van der Waals surface area contributed by atoms with Gasteiger partial charge in [0.25, 0.3) is 5.91 Å². The maximum Gasteiger partial charge on any atom is 0.268 e. The lowest BCUT2D eigenvalue weighted by Gasteiger charge is -2.16. The Morgan fingerprint density at radius 3 is 2.22 bits per heavy atom. The highest BCUT2D eigenvalue weighted by atomic mass is 19.1. The summed E-state index contributed by atoms with van der Waals surface area (Å²) in [7, 11) is 1.38. The third-order valence-corrected chi connectivity index (χ3v) is 5.95. The van der Waals surface area contributed by atoms with E-state index in [0.717, 1.165) is 11.8 Å². The Balaban J connectivity index is 1.87. The van der Waals surface area contributed by atoms with E-state index in [2.05, 4.69) is 5.32 Å². The van der Waals surface area contributed by atoms with Gasteiger partial charge in [-0.05, 0) is 54.8 Å². The number of carbonyl (C=O) groups excluding carboxylic acids is 2. The zero-order valence-corrected chi connectivity index (χ0v) is 20.2. The Bertz CT molecular complexity index is 1390. The number of benzene rings is 3. The molecule has 1 aromatic heterocycles. The second kappa shape index (κ2) is 10.6. The van der Waals surface area contributed by atoms with Crippen LogP contribution in [-0.2, 0) is 6.54 Å². The van der Waals surface area contributed by atoms with E-state index >= 15 is 0 Å². The van der Waals surface area contributed by atoms with E-state index in [1.54, 1.807) is 22.8 Å². The van der Waals surface area contributed by atoms with Crippen molar-refractivity contribution in [3.8, 4) is 28.0 Å². The van der Waals surface area contributed by atoms with Crippen molar-refractivity contribution in [3.63, 3.8) is 0 Å². The van der Waals surface area contributed by atoms with E-state index in [1.807, 2.05) is 44.2 Å². The number of halogens is 2. The smallest absolute Gasteiger partial charge is 0.268 e. The number of nitrogens with one attached hydrogen (secondary N) is 1. The molecule has 0 unspecified atom stereocenters. The van der Waals surface area contributed by atoms with Crippen LogP contribution in [0.15, 0.2) is 72.8 Å². The van der Waals surface area contributed by atoms with Gasteiger partial charge in [0.15, 0.2) is 17.9 Å². The standard InChI is InChI=1S/C29H26F2N2O3/c1-18(2)33-24(17-34)26(21-10-12-22(30)13-11-21)27(20-7-5-4-6-8-20)28(33)29(35)32-16-19-9-14-25(36-3)23(31)15-19/h4-15,17-18H,16H2,1-3H3,(H,32,35). The second-order valence-electron chi connectivity index (χ2n) is 8.59. The molecule has 0 aliphatic carbocycles. The van der Waals surface area contributed by atoms with Crippen molar-refractivity contribution in [2.75, 3.05) is 7.11 Å². The average molecular weight is 489 g/mol. The molecule has 0 aliphatic heterocycles. The summed E-state index contributed by atoms with van der Waals surface area (Å²) in [6.07, 6.45) is 0.723. The molecule has 0 atom stereocenters. The molecule has 0 saturated carbocycles. The maximum absolute atomic E-state index is 14.2. The average Bonchev–Trinajstić information content (AvgIpc) is 3.24. The van der Waals surface area contributed by atoms with Gasteiger partial charge in [0, 0.05) is 23.7 Å². The van der Waals surface area contributed by atoms with Crippen molar-refractivity contribution in [2.24, 2.45) is 0 Å². The number of hydrogen-bond acceptors (Lipinski definition) is 3. The van der Waals surface area contributed by atoms with E-state index < -0.39 is 17.5 Å². The molecule has 184 valence electrons. The number of amides is 1. The van der Waals surface area contributed by atoms with Crippen LogP contribution < -0.4 is 10.1 Å². The Morgan fingerprint density at radius 1 is 0.972 bits per heavy atom. The number of hydrogen-bond donors (Lipinski definition) is 1. The van der Waals surface area contributed by atoms with Gasteiger partial charge in [0.05, 0.1) is 12.8 Å². The first-order valence-corrected chi connectivity index (χ1v) is 11.5. The molecule has 4 aromatic rings. The van der Waals surface area contributed by atoms with Crippen LogP contribution in [0, 0.1) is 11.6 Å². The third-order valence-electron chi connectivity index (χ3n) is 5.95.